The first kappa shape index (κ1) is 22.3. The summed E-state index contributed by atoms with van der Waals surface area (Å²) < 4.78 is 10.3. The van der Waals surface area contributed by atoms with Gasteiger partial charge in [0.05, 0.1) is 17.7 Å². The SMILES string of the molecule is Cc1noc(C)c1CSc1ccccc1C(=O)OCC(=O)NC(=O)Cc1ccccc1. The first-order chi connectivity index (χ1) is 14.9. The van der Waals surface area contributed by atoms with E-state index >= 15 is 0 Å². The third-order valence-electron chi connectivity index (χ3n) is 4.48. The van der Waals surface area contributed by atoms with Crippen LogP contribution in [0.1, 0.15) is 32.9 Å². The van der Waals surface area contributed by atoms with E-state index < -0.39 is 24.4 Å². The largest absolute Gasteiger partial charge is 0.452 e. The monoisotopic (exact) mass is 438 g/mol. The van der Waals surface area contributed by atoms with Crippen LogP contribution in [0.4, 0.5) is 0 Å². The van der Waals surface area contributed by atoms with Crippen molar-refractivity contribution in [1.29, 1.82) is 0 Å². The smallest absolute Gasteiger partial charge is 0.339 e. The molecular formula is C23H22N2O5S. The Bertz CT molecular complexity index is 1060. The van der Waals surface area contributed by atoms with Crippen molar-refractivity contribution in [3.63, 3.8) is 0 Å². The Morgan fingerprint density at radius 2 is 1.71 bits per heavy atom. The van der Waals surface area contributed by atoms with Gasteiger partial charge < -0.3 is 9.26 Å². The van der Waals surface area contributed by atoms with Gasteiger partial charge in [0, 0.05) is 16.2 Å². The number of aryl methyl sites for hydroxylation is 2. The molecule has 0 saturated heterocycles. The zero-order valence-corrected chi connectivity index (χ0v) is 18.0. The number of amides is 2. The number of imide groups is 1. The van der Waals surface area contributed by atoms with Gasteiger partial charge in [0.2, 0.25) is 5.91 Å². The molecule has 2 aromatic carbocycles. The maximum Gasteiger partial charge on any atom is 0.339 e. The van der Waals surface area contributed by atoms with Crippen LogP contribution in [0.2, 0.25) is 0 Å². The van der Waals surface area contributed by atoms with Gasteiger partial charge in [-0.15, -0.1) is 11.8 Å². The molecule has 3 aromatic rings. The lowest BCUT2D eigenvalue weighted by molar-refractivity contribution is -0.132. The number of benzene rings is 2. The Balaban J connectivity index is 1.53. The van der Waals surface area contributed by atoms with Crippen LogP contribution in [0.15, 0.2) is 64.0 Å². The fraction of sp³-hybridized carbons (Fsp3) is 0.217. The second kappa shape index (κ2) is 10.6. The maximum absolute atomic E-state index is 12.5. The van der Waals surface area contributed by atoms with Crippen molar-refractivity contribution in [1.82, 2.24) is 10.5 Å². The number of carbonyl (C=O) groups excluding carboxylic acids is 3. The molecule has 3 rings (SSSR count). The quantitative estimate of drug-likeness (QED) is 0.424. The molecule has 8 heteroatoms. The molecule has 0 fully saturated rings. The minimum atomic E-state index is -0.671. The molecule has 0 unspecified atom stereocenters. The van der Waals surface area contributed by atoms with Crippen molar-refractivity contribution in [3.05, 3.63) is 82.7 Å². The predicted octanol–water partition coefficient (Wildman–Crippen LogP) is 3.63. The highest BCUT2D eigenvalue weighted by atomic mass is 32.2. The molecule has 7 nitrogen and oxygen atoms in total. The molecule has 1 heterocycles. The Labute approximate surface area is 184 Å². The van der Waals surface area contributed by atoms with Gasteiger partial charge in [0.15, 0.2) is 6.61 Å². The van der Waals surface area contributed by atoms with Gasteiger partial charge in [-0.3, -0.25) is 14.9 Å². The Kier molecular flexibility index (Phi) is 7.61. The topological polar surface area (TPSA) is 98.5 Å². The van der Waals surface area contributed by atoms with Gasteiger partial charge in [-0.05, 0) is 31.5 Å². The number of ether oxygens (including phenoxy) is 1. The number of thioether (sulfide) groups is 1. The Morgan fingerprint density at radius 3 is 2.42 bits per heavy atom. The summed E-state index contributed by atoms with van der Waals surface area (Å²) >= 11 is 1.45. The molecule has 0 bridgehead atoms. The molecule has 0 atom stereocenters. The number of aromatic nitrogens is 1. The molecule has 160 valence electrons. The lowest BCUT2D eigenvalue weighted by atomic mass is 10.1. The van der Waals surface area contributed by atoms with Crippen molar-refractivity contribution < 1.29 is 23.6 Å². The van der Waals surface area contributed by atoms with Gasteiger partial charge in [0.25, 0.3) is 5.91 Å². The molecule has 1 N–H and O–H groups in total. The van der Waals surface area contributed by atoms with Crippen LogP contribution in [0.3, 0.4) is 0 Å². The summed E-state index contributed by atoms with van der Waals surface area (Å²) in [5.74, 6) is -0.438. The molecule has 31 heavy (non-hydrogen) atoms. The number of hydrogen-bond donors (Lipinski definition) is 1. The average molecular weight is 439 g/mol. The van der Waals surface area contributed by atoms with Crippen molar-refractivity contribution in [2.45, 2.75) is 30.9 Å². The van der Waals surface area contributed by atoms with Crippen LogP contribution >= 0.6 is 11.8 Å². The van der Waals surface area contributed by atoms with Gasteiger partial charge >= 0.3 is 5.97 Å². The molecular weight excluding hydrogens is 416 g/mol. The summed E-state index contributed by atoms with van der Waals surface area (Å²) in [5, 5.41) is 6.16. The van der Waals surface area contributed by atoms with E-state index in [0.29, 0.717) is 16.2 Å². The summed E-state index contributed by atoms with van der Waals surface area (Å²) in [6.07, 6.45) is 0.0711. The van der Waals surface area contributed by atoms with Crippen LogP contribution in [-0.4, -0.2) is 29.5 Å². The summed E-state index contributed by atoms with van der Waals surface area (Å²) in [6, 6.07) is 16.0. The van der Waals surface area contributed by atoms with E-state index in [9.17, 15) is 14.4 Å². The number of nitrogens with one attached hydrogen (secondary N) is 1. The highest BCUT2D eigenvalue weighted by Crippen LogP contribution is 2.29. The van der Waals surface area contributed by atoms with Crippen LogP contribution in [-0.2, 0) is 26.5 Å². The van der Waals surface area contributed by atoms with Gasteiger partial charge in [-0.2, -0.15) is 0 Å². The standard InChI is InChI=1S/C23H22N2O5S/c1-15-19(16(2)30-25-15)14-31-20-11-7-6-10-18(20)23(28)29-13-22(27)24-21(26)12-17-8-4-3-5-9-17/h3-11H,12-14H2,1-2H3,(H,24,26,27). The molecule has 0 aliphatic heterocycles. The second-order valence-corrected chi connectivity index (χ2v) is 7.81. The predicted molar refractivity (Wildman–Crippen MR) is 116 cm³/mol. The summed E-state index contributed by atoms with van der Waals surface area (Å²) in [4.78, 5) is 37.2. The number of esters is 1. The molecule has 0 spiro atoms. The summed E-state index contributed by atoms with van der Waals surface area (Å²) in [5.41, 5.74) is 2.92. The Hall–Kier alpha value is -3.39. The fourth-order valence-electron chi connectivity index (χ4n) is 2.84. The number of carbonyl (C=O) groups is 3. The van der Waals surface area contributed by atoms with E-state index in [1.54, 1.807) is 24.3 Å². The van der Waals surface area contributed by atoms with Crippen molar-refractivity contribution in [3.8, 4) is 0 Å². The number of hydrogen-bond acceptors (Lipinski definition) is 7. The van der Waals surface area contributed by atoms with Crippen LogP contribution in [0, 0.1) is 13.8 Å². The third-order valence-corrected chi connectivity index (χ3v) is 5.58. The highest BCUT2D eigenvalue weighted by molar-refractivity contribution is 7.98. The zero-order chi connectivity index (χ0) is 22.2. The number of rotatable bonds is 8. The number of nitrogens with zero attached hydrogens (tertiary/aromatic N) is 1. The summed E-state index contributed by atoms with van der Waals surface area (Å²) in [6.45, 7) is 3.17. The van der Waals surface area contributed by atoms with Gasteiger partial charge in [0.1, 0.15) is 5.76 Å². The van der Waals surface area contributed by atoms with Crippen LogP contribution < -0.4 is 5.32 Å². The first-order valence-corrected chi connectivity index (χ1v) is 10.6. The molecule has 1 aromatic heterocycles. The zero-order valence-electron chi connectivity index (χ0n) is 17.2. The van der Waals surface area contributed by atoms with E-state index in [0.717, 1.165) is 22.6 Å². The lowest BCUT2D eigenvalue weighted by Gasteiger charge is -2.09. The third kappa shape index (κ3) is 6.29. The average Bonchev–Trinajstić information content (AvgIpc) is 3.08. The molecule has 0 aliphatic rings. The van der Waals surface area contributed by atoms with Crippen molar-refractivity contribution >= 4 is 29.5 Å². The minimum absolute atomic E-state index is 0.0711. The van der Waals surface area contributed by atoms with Gasteiger partial charge in [-0.1, -0.05) is 47.6 Å². The van der Waals surface area contributed by atoms with Gasteiger partial charge in [-0.25, -0.2) is 4.79 Å². The van der Waals surface area contributed by atoms with Crippen molar-refractivity contribution in [2.75, 3.05) is 6.61 Å². The molecule has 0 saturated carbocycles. The van der Waals surface area contributed by atoms with E-state index in [4.69, 9.17) is 9.26 Å². The maximum atomic E-state index is 12.5. The van der Waals surface area contributed by atoms with Crippen LogP contribution in [0.25, 0.3) is 0 Å². The first-order valence-electron chi connectivity index (χ1n) is 9.61. The van der Waals surface area contributed by atoms with Crippen LogP contribution in [0.5, 0.6) is 0 Å². The van der Waals surface area contributed by atoms with E-state index in [1.165, 1.54) is 11.8 Å². The fourth-order valence-corrected chi connectivity index (χ4v) is 4.04. The van der Waals surface area contributed by atoms with Crippen molar-refractivity contribution in [2.24, 2.45) is 0 Å². The normalized spacial score (nSPS) is 10.5. The lowest BCUT2D eigenvalue weighted by Crippen LogP contribution is -2.35. The Morgan fingerprint density at radius 1 is 1.00 bits per heavy atom. The summed E-state index contributed by atoms with van der Waals surface area (Å²) in [7, 11) is 0. The molecule has 0 radical (unpaired) electrons. The van der Waals surface area contributed by atoms with E-state index in [2.05, 4.69) is 10.5 Å². The van der Waals surface area contributed by atoms with E-state index in [-0.39, 0.29) is 6.42 Å². The highest BCUT2D eigenvalue weighted by Gasteiger charge is 2.17. The minimum Gasteiger partial charge on any atom is -0.452 e. The molecule has 0 aliphatic carbocycles. The molecule has 2 amide bonds. The van der Waals surface area contributed by atoms with E-state index in [1.807, 2.05) is 44.2 Å². The second-order valence-electron chi connectivity index (χ2n) is 6.80.